The molecule has 0 aromatic rings. The lowest BCUT2D eigenvalue weighted by molar-refractivity contribution is -0.114. The van der Waals surface area contributed by atoms with E-state index in [1.165, 1.54) is 0 Å². The Morgan fingerprint density at radius 3 is 3.12 bits per heavy atom. The van der Waals surface area contributed by atoms with E-state index >= 15 is 0 Å². The Bertz CT molecular complexity index is 528. The highest BCUT2D eigenvalue weighted by molar-refractivity contribution is 6.44. The normalized spacial score (nSPS) is 41.7. The predicted octanol–water partition coefficient (Wildman–Crippen LogP) is 2.39. The number of aliphatic imine (C=N–C) groups is 1. The van der Waals surface area contributed by atoms with Crippen molar-refractivity contribution in [1.82, 2.24) is 0 Å². The maximum atomic E-state index is 12.0. The van der Waals surface area contributed by atoms with Gasteiger partial charge in [-0.2, -0.15) is 0 Å². The molecule has 0 aromatic carbocycles. The van der Waals surface area contributed by atoms with Crippen LogP contribution in [0.15, 0.2) is 28.6 Å². The zero-order chi connectivity index (χ0) is 11.7. The summed E-state index contributed by atoms with van der Waals surface area (Å²) < 4.78 is 5.27. The number of Topliss-reactive ketones (excluding diaryl/α,β-unsaturated/α-hetero) is 1. The smallest absolute Gasteiger partial charge is 0.177 e. The van der Waals surface area contributed by atoms with Crippen LogP contribution >= 0.6 is 0 Å². The van der Waals surface area contributed by atoms with Gasteiger partial charge in [0.05, 0.1) is 18.5 Å². The van der Waals surface area contributed by atoms with Gasteiger partial charge in [-0.15, -0.1) is 0 Å². The molecule has 2 saturated carbocycles. The Morgan fingerprint density at radius 2 is 2.29 bits per heavy atom. The minimum absolute atomic E-state index is 0.115. The van der Waals surface area contributed by atoms with Crippen molar-refractivity contribution < 1.29 is 9.53 Å². The summed E-state index contributed by atoms with van der Waals surface area (Å²) in [6.45, 7) is 0. The Balaban J connectivity index is 1.84. The SMILES string of the molecule is COC1=CCC23CC24CCCC(=O)C4=NC3=C1. The van der Waals surface area contributed by atoms with Crippen molar-refractivity contribution >= 4 is 11.5 Å². The van der Waals surface area contributed by atoms with E-state index < -0.39 is 0 Å². The number of hydrogen-bond donors (Lipinski definition) is 0. The van der Waals surface area contributed by atoms with E-state index in [1.54, 1.807) is 7.11 Å². The standard InChI is InChI=1S/C14H15NO2/c1-17-9-4-6-13-8-14(13)5-2-3-10(16)12(14)15-11(13)7-9/h4,7H,2-3,5-6,8H2,1H3. The second-order valence-corrected chi connectivity index (χ2v) is 5.62. The van der Waals surface area contributed by atoms with Crippen molar-refractivity contribution in [2.45, 2.75) is 32.1 Å². The van der Waals surface area contributed by atoms with E-state index in [1.807, 2.05) is 6.08 Å². The van der Waals surface area contributed by atoms with Crippen molar-refractivity contribution in [3.8, 4) is 0 Å². The van der Waals surface area contributed by atoms with Crippen LogP contribution in [0.3, 0.4) is 0 Å². The number of rotatable bonds is 1. The summed E-state index contributed by atoms with van der Waals surface area (Å²) in [5.41, 5.74) is 2.26. The lowest BCUT2D eigenvalue weighted by Crippen LogP contribution is -2.31. The molecule has 2 fully saturated rings. The van der Waals surface area contributed by atoms with Crippen LogP contribution in [0.4, 0.5) is 0 Å². The third kappa shape index (κ3) is 0.909. The van der Waals surface area contributed by atoms with Crippen molar-refractivity contribution in [1.29, 1.82) is 0 Å². The van der Waals surface area contributed by atoms with Crippen LogP contribution in [-0.2, 0) is 9.53 Å². The van der Waals surface area contributed by atoms with E-state index in [0.717, 1.165) is 42.9 Å². The topological polar surface area (TPSA) is 38.7 Å². The molecular formula is C14H15NO2. The molecule has 3 aliphatic carbocycles. The van der Waals surface area contributed by atoms with Gasteiger partial charge in [0.1, 0.15) is 5.76 Å². The molecule has 4 aliphatic rings. The van der Waals surface area contributed by atoms with Gasteiger partial charge < -0.3 is 4.74 Å². The molecule has 0 aromatic heterocycles. The molecule has 2 atom stereocenters. The minimum atomic E-state index is 0.115. The van der Waals surface area contributed by atoms with E-state index in [4.69, 9.17) is 4.74 Å². The summed E-state index contributed by atoms with van der Waals surface area (Å²) in [7, 11) is 1.68. The summed E-state index contributed by atoms with van der Waals surface area (Å²) in [6, 6.07) is 0. The van der Waals surface area contributed by atoms with Gasteiger partial charge in [0, 0.05) is 23.3 Å². The highest BCUT2D eigenvalue weighted by Gasteiger charge is 2.75. The first kappa shape index (κ1) is 9.63. The Hall–Kier alpha value is -1.38. The molecule has 1 aliphatic heterocycles. The first-order valence-corrected chi connectivity index (χ1v) is 6.31. The molecule has 0 radical (unpaired) electrons. The third-order valence-corrected chi connectivity index (χ3v) is 5.01. The number of ketones is 1. The van der Waals surface area contributed by atoms with Crippen LogP contribution in [0.1, 0.15) is 32.1 Å². The molecule has 2 spiro atoms. The lowest BCUT2D eigenvalue weighted by Gasteiger charge is -2.24. The highest BCUT2D eigenvalue weighted by atomic mass is 16.5. The number of hydrogen-bond acceptors (Lipinski definition) is 3. The fraction of sp³-hybridized carbons (Fsp3) is 0.571. The van der Waals surface area contributed by atoms with Crippen LogP contribution in [0, 0.1) is 10.8 Å². The molecule has 0 saturated heterocycles. The van der Waals surface area contributed by atoms with Gasteiger partial charge in [-0.3, -0.25) is 9.79 Å². The first-order valence-electron chi connectivity index (χ1n) is 6.31. The van der Waals surface area contributed by atoms with Crippen LogP contribution < -0.4 is 0 Å². The summed E-state index contributed by atoms with van der Waals surface area (Å²) in [5, 5.41) is 0. The van der Waals surface area contributed by atoms with Gasteiger partial charge in [0.2, 0.25) is 0 Å². The maximum Gasteiger partial charge on any atom is 0.177 e. The summed E-state index contributed by atoms with van der Waals surface area (Å²) >= 11 is 0. The van der Waals surface area contributed by atoms with E-state index in [9.17, 15) is 4.79 Å². The summed E-state index contributed by atoms with van der Waals surface area (Å²) in [5.74, 6) is 1.17. The monoisotopic (exact) mass is 229 g/mol. The fourth-order valence-electron chi connectivity index (χ4n) is 4.05. The second-order valence-electron chi connectivity index (χ2n) is 5.62. The van der Waals surface area contributed by atoms with Crippen LogP contribution in [0.25, 0.3) is 0 Å². The molecule has 0 amide bonds. The van der Waals surface area contributed by atoms with Crippen molar-refractivity contribution in [3.05, 3.63) is 23.6 Å². The molecule has 0 N–H and O–H groups in total. The van der Waals surface area contributed by atoms with Gasteiger partial charge >= 0.3 is 0 Å². The van der Waals surface area contributed by atoms with Crippen LogP contribution in [-0.4, -0.2) is 18.6 Å². The van der Waals surface area contributed by atoms with Gasteiger partial charge in [-0.1, -0.05) is 0 Å². The van der Waals surface area contributed by atoms with Crippen molar-refractivity contribution in [2.24, 2.45) is 15.8 Å². The van der Waals surface area contributed by atoms with Gasteiger partial charge in [0.15, 0.2) is 5.78 Å². The van der Waals surface area contributed by atoms with Crippen LogP contribution in [0.2, 0.25) is 0 Å². The maximum absolute atomic E-state index is 12.0. The largest absolute Gasteiger partial charge is 0.497 e. The molecule has 3 heteroatoms. The third-order valence-electron chi connectivity index (χ3n) is 5.01. The number of methoxy groups -OCH3 is 1. The number of carbonyl (C=O) groups excluding carboxylic acids is 1. The molecule has 0 bridgehead atoms. The molecule has 3 nitrogen and oxygen atoms in total. The molecule has 4 rings (SSSR count). The van der Waals surface area contributed by atoms with E-state index in [2.05, 4.69) is 11.1 Å². The quantitative estimate of drug-likeness (QED) is 0.692. The van der Waals surface area contributed by atoms with Crippen LogP contribution in [0.5, 0.6) is 0 Å². The number of carbonyl (C=O) groups is 1. The molecular weight excluding hydrogens is 214 g/mol. The van der Waals surface area contributed by atoms with E-state index in [0.29, 0.717) is 6.42 Å². The first-order chi connectivity index (χ1) is 8.22. The Kier molecular flexibility index (Phi) is 1.54. The average molecular weight is 229 g/mol. The number of nitrogens with zero attached hydrogens (tertiary/aromatic N) is 1. The number of allylic oxidation sites excluding steroid dienone is 3. The van der Waals surface area contributed by atoms with Gasteiger partial charge in [0.25, 0.3) is 0 Å². The zero-order valence-electron chi connectivity index (χ0n) is 9.95. The molecule has 17 heavy (non-hydrogen) atoms. The van der Waals surface area contributed by atoms with Crippen molar-refractivity contribution in [2.75, 3.05) is 7.11 Å². The van der Waals surface area contributed by atoms with Gasteiger partial charge in [-0.25, -0.2) is 0 Å². The summed E-state index contributed by atoms with van der Waals surface area (Å²) in [4.78, 5) is 16.6. The minimum Gasteiger partial charge on any atom is -0.497 e. The molecule has 88 valence electrons. The lowest BCUT2D eigenvalue weighted by atomic mass is 9.76. The number of ether oxygens (including phenoxy) is 1. The molecule has 2 unspecified atom stereocenters. The van der Waals surface area contributed by atoms with E-state index in [-0.39, 0.29) is 16.6 Å². The Labute approximate surface area is 100 Å². The second kappa shape index (κ2) is 2.71. The van der Waals surface area contributed by atoms with Gasteiger partial charge in [-0.05, 0) is 31.8 Å². The fourth-order valence-corrected chi connectivity index (χ4v) is 4.05. The Morgan fingerprint density at radius 1 is 1.41 bits per heavy atom. The zero-order valence-corrected chi connectivity index (χ0v) is 9.95. The predicted molar refractivity (Wildman–Crippen MR) is 63.6 cm³/mol. The average Bonchev–Trinajstić information content (AvgIpc) is 2.87. The summed E-state index contributed by atoms with van der Waals surface area (Å²) in [6.07, 6.45) is 9.16. The van der Waals surface area contributed by atoms with Crippen molar-refractivity contribution in [3.63, 3.8) is 0 Å². The molecule has 1 heterocycles. The highest BCUT2D eigenvalue weighted by Crippen LogP contribution is 2.78.